The maximum absolute atomic E-state index is 13.6. The SMILES string of the molecule is CCc1nnc(Cc2cccc(Cl)c2F)s1. The zero-order valence-corrected chi connectivity index (χ0v) is 10.3. The van der Waals surface area contributed by atoms with Crippen LogP contribution in [-0.2, 0) is 12.8 Å². The molecule has 0 unspecified atom stereocenters. The molecule has 0 aliphatic heterocycles. The highest BCUT2D eigenvalue weighted by Crippen LogP contribution is 2.21. The van der Waals surface area contributed by atoms with Gasteiger partial charge in [0, 0.05) is 6.42 Å². The first-order valence-corrected chi connectivity index (χ1v) is 6.14. The van der Waals surface area contributed by atoms with E-state index in [4.69, 9.17) is 11.6 Å². The topological polar surface area (TPSA) is 25.8 Å². The fraction of sp³-hybridized carbons (Fsp3) is 0.273. The average Bonchev–Trinajstić information content (AvgIpc) is 2.73. The number of aromatic nitrogens is 2. The first-order valence-electron chi connectivity index (χ1n) is 4.95. The molecule has 2 rings (SSSR count). The molecule has 0 saturated heterocycles. The summed E-state index contributed by atoms with van der Waals surface area (Å²) in [6.07, 6.45) is 1.31. The summed E-state index contributed by atoms with van der Waals surface area (Å²) >= 11 is 7.22. The molecule has 0 spiro atoms. The maximum atomic E-state index is 13.6. The third-order valence-electron chi connectivity index (χ3n) is 2.18. The average molecular weight is 257 g/mol. The van der Waals surface area contributed by atoms with Crippen LogP contribution in [-0.4, -0.2) is 10.2 Å². The molecule has 0 aliphatic rings. The zero-order valence-electron chi connectivity index (χ0n) is 8.70. The second-order valence-corrected chi connectivity index (χ2v) is 4.89. The van der Waals surface area contributed by atoms with Crippen LogP contribution in [0.1, 0.15) is 22.5 Å². The van der Waals surface area contributed by atoms with Crippen LogP contribution in [0.3, 0.4) is 0 Å². The van der Waals surface area contributed by atoms with Gasteiger partial charge in [-0.05, 0) is 18.1 Å². The number of rotatable bonds is 3. The van der Waals surface area contributed by atoms with Gasteiger partial charge < -0.3 is 0 Å². The standard InChI is InChI=1S/C11H10ClFN2S/c1-2-9-14-15-10(16-9)6-7-4-3-5-8(12)11(7)13/h3-5H,2,6H2,1H3. The minimum atomic E-state index is -0.364. The number of hydrogen-bond donors (Lipinski definition) is 0. The van der Waals surface area contributed by atoms with Crippen molar-refractivity contribution in [3.63, 3.8) is 0 Å². The maximum Gasteiger partial charge on any atom is 0.145 e. The van der Waals surface area contributed by atoms with E-state index < -0.39 is 0 Å². The number of nitrogens with zero attached hydrogens (tertiary/aromatic N) is 2. The highest BCUT2D eigenvalue weighted by molar-refractivity contribution is 7.11. The van der Waals surface area contributed by atoms with Gasteiger partial charge in [0.1, 0.15) is 15.8 Å². The highest BCUT2D eigenvalue weighted by atomic mass is 35.5. The summed E-state index contributed by atoms with van der Waals surface area (Å²) in [7, 11) is 0. The number of benzene rings is 1. The van der Waals surface area contributed by atoms with Crippen molar-refractivity contribution in [2.45, 2.75) is 19.8 Å². The largest absolute Gasteiger partial charge is 0.205 e. The van der Waals surface area contributed by atoms with Crippen LogP contribution in [0.5, 0.6) is 0 Å². The van der Waals surface area contributed by atoms with Crippen LogP contribution in [0, 0.1) is 5.82 Å². The third kappa shape index (κ3) is 2.39. The molecular weight excluding hydrogens is 247 g/mol. The molecule has 0 amide bonds. The Morgan fingerprint density at radius 3 is 2.75 bits per heavy atom. The van der Waals surface area contributed by atoms with E-state index in [0.717, 1.165) is 16.4 Å². The Balaban J connectivity index is 2.23. The van der Waals surface area contributed by atoms with Gasteiger partial charge in [-0.25, -0.2) is 4.39 Å². The van der Waals surface area contributed by atoms with Crippen molar-refractivity contribution in [2.24, 2.45) is 0 Å². The van der Waals surface area contributed by atoms with Gasteiger partial charge in [-0.15, -0.1) is 21.5 Å². The van der Waals surface area contributed by atoms with Crippen molar-refractivity contribution in [3.05, 3.63) is 44.6 Å². The number of aryl methyl sites for hydroxylation is 1. The molecule has 1 heterocycles. The Labute approximate surface area is 102 Å². The summed E-state index contributed by atoms with van der Waals surface area (Å²) in [6.45, 7) is 2.02. The molecule has 0 radical (unpaired) electrons. The molecular formula is C11H10ClFN2S. The second-order valence-electron chi connectivity index (χ2n) is 3.33. The van der Waals surface area contributed by atoms with E-state index in [-0.39, 0.29) is 10.8 Å². The molecule has 84 valence electrons. The Morgan fingerprint density at radius 2 is 2.06 bits per heavy atom. The summed E-state index contributed by atoms with van der Waals surface area (Å²) < 4.78 is 13.6. The molecule has 0 N–H and O–H groups in total. The summed E-state index contributed by atoms with van der Waals surface area (Å²) in [5.41, 5.74) is 0.561. The van der Waals surface area contributed by atoms with Gasteiger partial charge in [0.15, 0.2) is 0 Å². The lowest BCUT2D eigenvalue weighted by Crippen LogP contribution is -1.92. The van der Waals surface area contributed by atoms with Gasteiger partial charge in [0.25, 0.3) is 0 Å². The van der Waals surface area contributed by atoms with Gasteiger partial charge in [0.2, 0.25) is 0 Å². The predicted molar refractivity (Wildman–Crippen MR) is 63.5 cm³/mol. The Kier molecular flexibility index (Phi) is 3.51. The quantitative estimate of drug-likeness (QED) is 0.840. The van der Waals surface area contributed by atoms with E-state index in [2.05, 4.69) is 10.2 Å². The molecule has 2 aromatic rings. The Morgan fingerprint density at radius 1 is 1.31 bits per heavy atom. The lowest BCUT2D eigenvalue weighted by molar-refractivity contribution is 0.614. The molecule has 5 heteroatoms. The summed E-state index contributed by atoms with van der Waals surface area (Å²) in [6, 6.07) is 4.99. The van der Waals surface area contributed by atoms with E-state index in [0.29, 0.717) is 12.0 Å². The first kappa shape index (κ1) is 11.5. The van der Waals surface area contributed by atoms with Crippen LogP contribution in [0.15, 0.2) is 18.2 Å². The molecule has 2 nitrogen and oxygen atoms in total. The van der Waals surface area contributed by atoms with Crippen molar-refractivity contribution in [2.75, 3.05) is 0 Å². The molecule has 0 atom stereocenters. The van der Waals surface area contributed by atoms with E-state index in [1.54, 1.807) is 12.1 Å². The lowest BCUT2D eigenvalue weighted by Gasteiger charge is -2.01. The minimum absolute atomic E-state index is 0.151. The summed E-state index contributed by atoms with van der Waals surface area (Å²) in [5, 5.41) is 9.95. The van der Waals surface area contributed by atoms with Crippen molar-refractivity contribution in [1.29, 1.82) is 0 Å². The Bertz CT molecular complexity index is 498. The van der Waals surface area contributed by atoms with Crippen LogP contribution in [0.25, 0.3) is 0 Å². The van der Waals surface area contributed by atoms with Gasteiger partial charge >= 0.3 is 0 Å². The van der Waals surface area contributed by atoms with E-state index in [1.165, 1.54) is 17.4 Å². The molecule has 0 saturated carbocycles. The van der Waals surface area contributed by atoms with E-state index in [1.807, 2.05) is 6.92 Å². The first-order chi connectivity index (χ1) is 7.70. The normalized spacial score (nSPS) is 10.7. The highest BCUT2D eigenvalue weighted by Gasteiger charge is 2.09. The predicted octanol–water partition coefficient (Wildman–Crippen LogP) is 3.48. The van der Waals surface area contributed by atoms with Crippen molar-refractivity contribution in [1.82, 2.24) is 10.2 Å². The zero-order chi connectivity index (χ0) is 11.5. The summed E-state index contributed by atoms with van der Waals surface area (Å²) in [4.78, 5) is 0. The monoisotopic (exact) mass is 256 g/mol. The fourth-order valence-corrected chi connectivity index (χ4v) is 2.35. The molecule has 16 heavy (non-hydrogen) atoms. The minimum Gasteiger partial charge on any atom is -0.205 e. The van der Waals surface area contributed by atoms with Crippen LogP contribution in [0.4, 0.5) is 4.39 Å². The fourth-order valence-electron chi connectivity index (χ4n) is 1.35. The van der Waals surface area contributed by atoms with E-state index >= 15 is 0 Å². The van der Waals surface area contributed by atoms with Crippen LogP contribution in [0.2, 0.25) is 5.02 Å². The molecule has 0 bridgehead atoms. The smallest absolute Gasteiger partial charge is 0.145 e. The van der Waals surface area contributed by atoms with Crippen LogP contribution < -0.4 is 0 Å². The Hall–Kier alpha value is -1.00. The summed E-state index contributed by atoms with van der Waals surface area (Å²) in [5.74, 6) is -0.364. The second kappa shape index (κ2) is 4.89. The van der Waals surface area contributed by atoms with Crippen molar-refractivity contribution in [3.8, 4) is 0 Å². The van der Waals surface area contributed by atoms with Gasteiger partial charge in [-0.3, -0.25) is 0 Å². The lowest BCUT2D eigenvalue weighted by atomic mass is 10.1. The van der Waals surface area contributed by atoms with Crippen molar-refractivity contribution >= 4 is 22.9 Å². The molecule has 0 fully saturated rings. The third-order valence-corrected chi connectivity index (χ3v) is 3.54. The number of hydrogen-bond acceptors (Lipinski definition) is 3. The molecule has 0 aliphatic carbocycles. The van der Waals surface area contributed by atoms with Gasteiger partial charge in [0.05, 0.1) is 5.02 Å². The van der Waals surface area contributed by atoms with Crippen molar-refractivity contribution < 1.29 is 4.39 Å². The van der Waals surface area contributed by atoms with Gasteiger partial charge in [-0.1, -0.05) is 30.7 Å². The molecule has 1 aromatic heterocycles. The van der Waals surface area contributed by atoms with E-state index in [9.17, 15) is 4.39 Å². The number of halogens is 2. The van der Waals surface area contributed by atoms with Crippen LogP contribution >= 0.6 is 22.9 Å². The van der Waals surface area contributed by atoms with Gasteiger partial charge in [-0.2, -0.15) is 0 Å². The molecule has 1 aromatic carbocycles.